The lowest BCUT2D eigenvalue weighted by Crippen LogP contribution is -2.43. The van der Waals surface area contributed by atoms with Gasteiger partial charge >= 0.3 is 0 Å². The van der Waals surface area contributed by atoms with E-state index < -0.39 is 11.8 Å². The highest BCUT2D eigenvalue weighted by Crippen LogP contribution is 2.16. The van der Waals surface area contributed by atoms with Gasteiger partial charge in [0.05, 0.1) is 6.61 Å². The Morgan fingerprint density at radius 3 is 2.48 bits per heavy atom. The van der Waals surface area contributed by atoms with Gasteiger partial charge in [-0.2, -0.15) is 0 Å². The van der Waals surface area contributed by atoms with Gasteiger partial charge in [-0.3, -0.25) is 20.4 Å². The van der Waals surface area contributed by atoms with Gasteiger partial charge in [-0.25, -0.2) is 0 Å². The van der Waals surface area contributed by atoms with Crippen LogP contribution in [0.15, 0.2) is 53.0 Å². The summed E-state index contributed by atoms with van der Waals surface area (Å²) >= 11 is 3.32. The summed E-state index contributed by atoms with van der Waals surface area (Å²) in [6, 6.07) is 13.8. The molecule has 0 bridgehead atoms. The van der Waals surface area contributed by atoms with Crippen LogP contribution >= 0.6 is 15.9 Å². The second-order valence-corrected chi connectivity index (χ2v) is 6.04. The Morgan fingerprint density at radius 2 is 1.76 bits per heavy atom. The lowest BCUT2D eigenvalue weighted by atomic mass is 10.2. The van der Waals surface area contributed by atoms with Crippen molar-refractivity contribution in [2.75, 3.05) is 13.2 Å². The number of nitrogens with one attached hydrogen (secondary N) is 2. The van der Waals surface area contributed by atoms with Crippen LogP contribution in [0, 0.1) is 0 Å². The largest absolute Gasteiger partial charge is 0.494 e. The summed E-state index contributed by atoms with van der Waals surface area (Å²) in [6.45, 7) is 2.37. The molecule has 2 N–H and O–H groups in total. The predicted octanol–water partition coefficient (Wildman–Crippen LogP) is 3.08. The SMILES string of the molecule is CCCOc1cccc(C(=O)NNC(=O)COc2ccc(Br)cc2)c1. The first-order valence-corrected chi connectivity index (χ1v) is 8.58. The normalized spacial score (nSPS) is 10.0. The summed E-state index contributed by atoms with van der Waals surface area (Å²) in [6.07, 6.45) is 0.880. The maximum Gasteiger partial charge on any atom is 0.276 e. The summed E-state index contributed by atoms with van der Waals surface area (Å²) in [5, 5.41) is 0. The van der Waals surface area contributed by atoms with Crippen LogP contribution in [0.25, 0.3) is 0 Å². The zero-order chi connectivity index (χ0) is 18.1. The van der Waals surface area contributed by atoms with E-state index in [2.05, 4.69) is 26.8 Å². The highest BCUT2D eigenvalue weighted by molar-refractivity contribution is 9.10. The molecular formula is C18H19BrN2O4. The van der Waals surface area contributed by atoms with Gasteiger partial charge in [0.25, 0.3) is 11.8 Å². The van der Waals surface area contributed by atoms with Crippen molar-refractivity contribution in [2.24, 2.45) is 0 Å². The second kappa shape index (κ2) is 9.68. The average molecular weight is 407 g/mol. The van der Waals surface area contributed by atoms with Crippen LogP contribution in [0.2, 0.25) is 0 Å². The van der Waals surface area contributed by atoms with Crippen LogP contribution in [0.1, 0.15) is 23.7 Å². The number of hydrogen-bond acceptors (Lipinski definition) is 4. The molecule has 132 valence electrons. The number of halogens is 1. The van der Waals surface area contributed by atoms with Gasteiger partial charge in [-0.05, 0) is 48.9 Å². The topological polar surface area (TPSA) is 76.7 Å². The Kier molecular flexibility index (Phi) is 7.28. The molecule has 0 unspecified atom stereocenters. The van der Waals surface area contributed by atoms with Gasteiger partial charge in [0.1, 0.15) is 11.5 Å². The molecule has 0 atom stereocenters. The molecule has 7 heteroatoms. The number of rotatable bonds is 7. The number of benzene rings is 2. The molecular weight excluding hydrogens is 388 g/mol. The first-order chi connectivity index (χ1) is 12.1. The van der Waals surface area contributed by atoms with Crippen molar-refractivity contribution < 1.29 is 19.1 Å². The Labute approximate surface area is 154 Å². The van der Waals surface area contributed by atoms with Crippen LogP contribution in [0.4, 0.5) is 0 Å². The van der Waals surface area contributed by atoms with Gasteiger partial charge in [0.2, 0.25) is 0 Å². The Balaban J connectivity index is 1.78. The Hall–Kier alpha value is -2.54. The second-order valence-electron chi connectivity index (χ2n) is 5.12. The van der Waals surface area contributed by atoms with E-state index in [9.17, 15) is 9.59 Å². The number of hydrazine groups is 1. The summed E-state index contributed by atoms with van der Waals surface area (Å²) in [7, 11) is 0. The minimum absolute atomic E-state index is 0.207. The fraction of sp³-hybridized carbons (Fsp3) is 0.222. The smallest absolute Gasteiger partial charge is 0.276 e. The molecule has 0 heterocycles. The van der Waals surface area contributed by atoms with E-state index in [1.165, 1.54) is 0 Å². The lowest BCUT2D eigenvalue weighted by Gasteiger charge is -2.10. The molecule has 0 fully saturated rings. The van der Waals surface area contributed by atoms with E-state index >= 15 is 0 Å². The van der Waals surface area contributed by atoms with Crippen molar-refractivity contribution in [3.63, 3.8) is 0 Å². The minimum Gasteiger partial charge on any atom is -0.494 e. The summed E-state index contributed by atoms with van der Waals surface area (Å²) in [5.41, 5.74) is 5.05. The van der Waals surface area contributed by atoms with Crippen LogP contribution in [-0.4, -0.2) is 25.0 Å². The molecule has 2 amide bonds. The van der Waals surface area contributed by atoms with Crippen molar-refractivity contribution in [3.8, 4) is 11.5 Å². The predicted molar refractivity (Wildman–Crippen MR) is 97.5 cm³/mol. The van der Waals surface area contributed by atoms with Gasteiger partial charge < -0.3 is 9.47 Å². The summed E-state index contributed by atoms with van der Waals surface area (Å²) in [5.74, 6) is 0.276. The molecule has 0 spiro atoms. The standard InChI is InChI=1S/C18H19BrN2O4/c1-2-10-24-16-5-3-4-13(11-16)18(23)21-20-17(22)12-25-15-8-6-14(19)7-9-15/h3-9,11H,2,10,12H2,1H3,(H,20,22)(H,21,23). The van der Waals surface area contributed by atoms with E-state index in [0.717, 1.165) is 10.9 Å². The molecule has 2 aromatic carbocycles. The zero-order valence-electron chi connectivity index (χ0n) is 13.8. The Morgan fingerprint density at radius 1 is 1.00 bits per heavy atom. The first-order valence-electron chi connectivity index (χ1n) is 7.79. The third-order valence-corrected chi connectivity index (χ3v) is 3.60. The Bertz CT molecular complexity index is 719. The fourth-order valence-electron chi connectivity index (χ4n) is 1.86. The molecule has 6 nitrogen and oxygen atoms in total. The van der Waals surface area contributed by atoms with Crippen molar-refractivity contribution in [1.82, 2.24) is 10.9 Å². The average Bonchev–Trinajstić information content (AvgIpc) is 2.64. The van der Waals surface area contributed by atoms with Crippen molar-refractivity contribution >= 4 is 27.7 Å². The van der Waals surface area contributed by atoms with E-state index in [1.54, 1.807) is 36.4 Å². The molecule has 0 saturated carbocycles. The lowest BCUT2D eigenvalue weighted by molar-refractivity contribution is -0.123. The van der Waals surface area contributed by atoms with Gasteiger partial charge in [-0.15, -0.1) is 0 Å². The fourth-order valence-corrected chi connectivity index (χ4v) is 2.13. The number of carbonyl (C=O) groups excluding carboxylic acids is 2. The molecule has 25 heavy (non-hydrogen) atoms. The third-order valence-electron chi connectivity index (χ3n) is 3.07. The molecule has 0 aliphatic heterocycles. The van der Waals surface area contributed by atoms with Crippen molar-refractivity contribution in [3.05, 3.63) is 58.6 Å². The number of hydrogen-bond donors (Lipinski definition) is 2. The maximum absolute atomic E-state index is 12.1. The highest BCUT2D eigenvalue weighted by Gasteiger charge is 2.09. The number of amides is 2. The number of ether oxygens (including phenoxy) is 2. The number of carbonyl (C=O) groups is 2. The maximum atomic E-state index is 12.1. The molecule has 0 aliphatic carbocycles. The van der Waals surface area contributed by atoms with E-state index in [4.69, 9.17) is 9.47 Å². The molecule has 0 aliphatic rings. The molecule has 2 rings (SSSR count). The van der Waals surface area contributed by atoms with Crippen LogP contribution < -0.4 is 20.3 Å². The minimum atomic E-state index is -0.463. The first kappa shape index (κ1) is 18.8. The molecule has 0 radical (unpaired) electrons. The van der Waals surface area contributed by atoms with E-state index in [1.807, 2.05) is 19.1 Å². The van der Waals surface area contributed by atoms with Crippen LogP contribution in [0.5, 0.6) is 11.5 Å². The summed E-state index contributed by atoms with van der Waals surface area (Å²) < 4.78 is 11.7. The highest BCUT2D eigenvalue weighted by atomic mass is 79.9. The summed E-state index contributed by atoms with van der Waals surface area (Å²) in [4.78, 5) is 23.8. The van der Waals surface area contributed by atoms with Crippen molar-refractivity contribution in [1.29, 1.82) is 0 Å². The van der Waals surface area contributed by atoms with Crippen LogP contribution in [0.3, 0.4) is 0 Å². The van der Waals surface area contributed by atoms with Gasteiger partial charge in [0, 0.05) is 10.0 Å². The quantitative estimate of drug-likeness (QED) is 0.692. The zero-order valence-corrected chi connectivity index (χ0v) is 15.3. The van der Waals surface area contributed by atoms with E-state index in [-0.39, 0.29) is 6.61 Å². The third kappa shape index (κ3) is 6.46. The molecule has 2 aromatic rings. The van der Waals surface area contributed by atoms with Gasteiger partial charge in [0.15, 0.2) is 6.61 Å². The molecule has 0 aromatic heterocycles. The van der Waals surface area contributed by atoms with Gasteiger partial charge in [-0.1, -0.05) is 28.9 Å². The van der Waals surface area contributed by atoms with Crippen molar-refractivity contribution in [2.45, 2.75) is 13.3 Å². The molecule has 0 saturated heterocycles. The van der Waals surface area contributed by atoms with Crippen LogP contribution in [-0.2, 0) is 4.79 Å². The monoisotopic (exact) mass is 406 g/mol. The van der Waals surface area contributed by atoms with E-state index in [0.29, 0.717) is 23.7 Å².